The molecule has 0 saturated carbocycles. The van der Waals surface area contributed by atoms with Gasteiger partial charge in [0.2, 0.25) is 5.91 Å². The molecule has 3 aromatic rings. The van der Waals surface area contributed by atoms with Gasteiger partial charge in [0, 0.05) is 23.9 Å². The number of ether oxygens (including phenoxy) is 1. The van der Waals surface area contributed by atoms with Crippen molar-refractivity contribution in [3.8, 4) is 5.75 Å². The molecule has 7 heteroatoms. The topological polar surface area (TPSA) is 95.9 Å². The van der Waals surface area contributed by atoms with Crippen LogP contribution < -0.4 is 15.0 Å². The largest absolute Gasteiger partial charge is 0.507 e. The highest BCUT2D eigenvalue weighted by molar-refractivity contribution is 6.51. The number of carbonyl (C=O) groups is 3. The van der Waals surface area contributed by atoms with E-state index in [1.807, 2.05) is 31.2 Å². The molecule has 1 heterocycles. The minimum Gasteiger partial charge on any atom is -0.507 e. The molecule has 0 aromatic heterocycles. The standard InChI is InChI=1S/C31H32N2O5/c1-5-21-9-11-22(12-10-21)28-27(29(35)23-13-15-26(16-14-23)38-18-19(2)3)30(36)31(37)33(28)25-8-6-7-24(17-25)32-20(4)34/h6-17,19,28,35H,5,18H2,1-4H3,(H,32,34)/b29-27+. The van der Waals surface area contributed by atoms with Gasteiger partial charge in [0.15, 0.2) is 0 Å². The number of hydrogen-bond donors (Lipinski definition) is 2. The van der Waals surface area contributed by atoms with E-state index >= 15 is 0 Å². The Morgan fingerprint density at radius 3 is 2.32 bits per heavy atom. The van der Waals surface area contributed by atoms with Crippen LogP contribution in [0.3, 0.4) is 0 Å². The molecule has 4 rings (SSSR count). The lowest BCUT2D eigenvalue weighted by Gasteiger charge is -2.26. The number of carbonyl (C=O) groups excluding carboxylic acids is 3. The number of aliphatic hydroxyl groups excluding tert-OH is 1. The van der Waals surface area contributed by atoms with Gasteiger partial charge in [-0.1, -0.05) is 51.1 Å². The number of Topliss-reactive ketones (excluding diaryl/α,β-unsaturated/α-hetero) is 1. The number of hydrogen-bond acceptors (Lipinski definition) is 5. The summed E-state index contributed by atoms with van der Waals surface area (Å²) in [4.78, 5) is 39.8. The van der Waals surface area contributed by atoms with E-state index in [0.717, 1.165) is 12.0 Å². The second-order valence-corrected chi connectivity index (χ2v) is 9.72. The molecule has 1 saturated heterocycles. The Labute approximate surface area is 222 Å². The summed E-state index contributed by atoms with van der Waals surface area (Å²) in [5.74, 6) is -1.04. The maximum absolute atomic E-state index is 13.4. The molecule has 1 atom stereocenters. The summed E-state index contributed by atoms with van der Waals surface area (Å²) in [6, 6.07) is 20.3. The fourth-order valence-corrected chi connectivity index (χ4v) is 4.41. The van der Waals surface area contributed by atoms with Crippen molar-refractivity contribution >= 4 is 34.7 Å². The zero-order chi connectivity index (χ0) is 27.4. The minimum atomic E-state index is -0.856. The summed E-state index contributed by atoms with van der Waals surface area (Å²) < 4.78 is 5.73. The third-order valence-electron chi connectivity index (χ3n) is 6.30. The molecule has 3 aromatic carbocycles. The van der Waals surface area contributed by atoms with Crippen LogP contribution in [-0.4, -0.2) is 29.3 Å². The van der Waals surface area contributed by atoms with E-state index < -0.39 is 17.7 Å². The second kappa shape index (κ2) is 11.3. The summed E-state index contributed by atoms with van der Waals surface area (Å²) in [6.07, 6.45) is 0.838. The van der Waals surface area contributed by atoms with E-state index in [-0.39, 0.29) is 17.2 Å². The number of nitrogens with zero attached hydrogens (tertiary/aromatic N) is 1. The fourth-order valence-electron chi connectivity index (χ4n) is 4.41. The molecule has 0 aliphatic carbocycles. The molecule has 1 fully saturated rings. The van der Waals surface area contributed by atoms with Gasteiger partial charge in [0.1, 0.15) is 11.5 Å². The first kappa shape index (κ1) is 26.7. The lowest BCUT2D eigenvalue weighted by Crippen LogP contribution is -2.29. The summed E-state index contributed by atoms with van der Waals surface area (Å²) in [5, 5.41) is 14.1. The third kappa shape index (κ3) is 5.62. The number of nitrogens with one attached hydrogen (secondary N) is 1. The van der Waals surface area contributed by atoms with Crippen LogP contribution in [0.1, 0.15) is 50.4 Å². The lowest BCUT2D eigenvalue weighted by molar-refractivity contribution is -0.132. The highest BCUT2D eigenvalue weighted by atomic mass is 16.5. The summed E-state index contributed by atoms with van der Waals surface area (Å²) >= 11 is 0. The van der Waals surface area contributed by atoms with Crippen LogP contribution in [0.4, 0.5) is 11.4 Å². The summed E-state index contributed by atoms with van der Waals surface area (Å²) in [6.45, 7) is 8.11. The molecule has 0 radical (unpaired) electrons. The average Bonchev–Trinajstić information content (AvgIpc) is 3.17. The fraction of sp³-hybridized carbons (Fsp3) is 0.258. The van der Waals surface area contributed by atoms with E-state index in [9.17, 15) is 19.5 Å². The molecule has 1 aliphatic heterocycles. The van der Waals surface area contributed by atoms with Crippen molar-refractivity contribution in [3.05, 3.63) is 95.1 Å². The lowest BCUT2D eigenvalue weighted by atomic mass is 9.94. The molecule has 2 amide bonds. The van der Waals surface area contributed by atoms with Crippen LogP contribution in [0.15, 0.2) is 78.4 Å². The summed E-state index contributed by atoms with van der Waals surface area (Å²) in [7, 11) is 0. The van der Waals surface area contributed by atoms with Gasteiger partial charge in [-0.15, -0.1) is 0 Å². The summed E-state index contributed by atoms with van der Waals surface area (Å²) in [5.41, 5.74) is 3.12. The minimum absolute atomic E-state index is 0.0000254. The third-order valence-corrected chi connectivity index (χ3v) is 6.30. The quantitative estimate of drug-likeness (QED) is 0.224. The van der Waals surface area contributed by atoms with Gasteiger partial charge in [0.05, 0.1) is 18.2 Å². The van der Waals surface area contributed by atoms with Gasteiger partial charge >= 0.3 is 0 Å². The van der Waals surface area contributed by atoms with Crippen molar-refractivity contribution in [3.63, 3.8) is 0 Å². The Morgan fingerprint density at radius 2 is 1.71 bits per heavy atom. The number of rotatable bonds is 8. The smallest absolute Gasteiger partial charge is 0.300 e. The number of aryl methyl sites for hydroxylation is 1. The normalized spacial score (nSPS) is 16.7. The van der Waals surface area contributed by atoms with Crippen LogP contribution in [0.5, 0.6) is 5.75 Å². The van der Waals surface area contributed by atoms with Crippen molar-refractivity contribution in [2.24, 2.45) is 5.92 Å². The average molecular weight is 513 g/mol. The first-order valence-electron chi connectivity index (χ1n) is 12.7. The maximum Gasteiger partial charge on any atom is 0.300 e. The van der Waals surface area contributed by atoms with Crippen molar-refractivity contribution in [1.82, 2.24) is 0 Å². The van der Waals surface area contributed by atoms with E-state index in [4.69, 9.17) is 4.74 Å². The van der Waals surface area contributed by atoms with Gasteiger partial charge in [-0.25, -0.2) is 0 Å². The first-order valence-corrected chi connectivity index (χ1v) is 12.7. The zero-order valence-electron chi connectivity index (χ0n) is 22.0. The molecule has 2 N–H and O–H groups in total. The van der Waals surface area contributed by atoms with Gasteiger partial charge < -0.3 is 15.2 Å². The molecule has 1 unspecified atom stereocenters. The second-order valence-electron chi connectivity index (χ2n) is 9.72. The van der Waals surface area contributed by atoms with Crippen LogP contribution in [-0.2, 0) is 20.8 Å². The molecule has 196 valence electrons. The number of amides is 2. The van der Waals surface area contributed by atoms with Gasteiger partial charge in [-0.3, -0.25) is 19.3 Å². The molecule has 0 spiro atoms. The predicted octanol–water partition coefficient (Wildman–Crippen LogP) is 5.87. The highest BCUT2D eigenvalue weighted by Gasteiger charge is 2.47. The van der Waals surface area contributed by atoms with Crippen molar-refractivity contribution in [1.29, 1.82) is 0 Å². The number of benzene rings is 3. The van der Waals surface area contributed by atoms with E-state index in [1.165, 1.54) is 11.8 Å². The van der Waals surface area contributed by atoms with Gasteiger partial charge in [-0.05, 0) is 65.9 Å². The number of anilines is 2. The van der Waals surface area contributed by atoms with Crippen LogP contribution >= 0.6 is 0 Å². The van der Waals surface area contributed by atoms with Crippen LogP contribution in [0.2, 0.25) is 0 Å². The van der Waals surface area contributed by atoms with Crippen molar-refractivity contribution in [2.75, 3.05) is 16.8 Å². The predicted molar refractivity (Wildman–Crippen MR) is 148 cm³/mol. The molecule has 38 heavy (non-hydrogen) atoms. The number of aliphatic hydroxyl groups is 1. The number of ketones is 1. The highest BCUT2D eigenvalue weighted by Crippen LogP contribution is 2.42. The Morgan fingerprint density at radius 1 is 1.03 bits per heavy atom. The van der Waals surface area contributed by atoms with Crippen molar-refractivity contribution in [2.45, 2.75) is 40.2 Å². The first-order chi connectivity index (χ1) is 18.2. The van der Waals surface area contributed by atoms with Crippen LogP contribution in [0, 0.1) is 5.92 Å². The monoisotopic (exact) mass is 512 g/mol. The van der Waals surface area contributed by atoms with E-state index in [0.29, 0.717) is 40.8 Å². The molecular formula is C31H32N2O5. The Hall–Kier alpha value is -4.39. The Balaban J connectivity index is 1.82. The SMILES string of the molecule is CCc1ccc(C2/C(=C(\O)c3ccc(OCC(C)C)cc3)C(=O)C(=O)N2c2cccc(NC(C)=O)c2)cc1. The Kier molecular flexibility index (Phi) is 7.96. The van der Waals surface area contributed by atoms with Crippen LogP contribution in [0.25, 0.3) is 5.76 Å². The maximum atomic E-state index is 13.4. The molecule has 0 bridgehead atoms. The molecular weight excluding hydrogens is 480 g/mol. The van der Waals surface area contributed by atoms with Gasteiger partial charge in [-0.2, -0.15) is 0 Å². The van der Waals surface area contributed by atoms with E-state index in [1.54, 1.807) is 48.5 Å². The molecule has 1 aliphatic rings. The zero-order valence-corrected chi connectivity index (χ0v) is 22.0. The Bertz CT molecular complexity index is 1370. The van der Waals surface area contributed by atoms with E-state index in [2.05, 4.69) is 19.2 Å². The van der Waals surface area contributed by atoms with Gasteiger partial charge in [0.25, 0.3) is 11.7 Å². The molecule has 7 nitrogen and oxygen atoms in total. The van der Waals surface area contributed by atoms with Crippen molar-refractivity contribution < 1.29 is 24.2 Å².